The second-order valence-corrected chi connectivity index (χ2v) is 8.07. The Morgan fingerprint density at radius 1 is 1.32 bits per heavy atom. The fourth-order valence-electron chi connectivity index (χ4n) is 4.06. The molecule has 2 aromatic heterocycles. The summed E-state index contributed by atoms with van der Waals surface area (Å²) >= 11 is 1.74. The number of aromatic amines is 1. The van der Waals surface area contributed by atoms with Crippen LogP contribution in [0.25, 0.3) is 0 Å². The molecular weight excluding hydrogens is 334 g/mol. The number of hydrogen-bond acceptors (Lipinski definition) is 4. The van der Waals surface area contributed by atoms with Crippen LogP contribution in [-0.4, -0.2) is 33.9 Å². The van der Waals surface area contributed by atoms with E-state index in [1.165, 1.54) is 23.3 Å². The summed E-state index contributed by atoms with van der Waals surface area (Å²) in [6.45, 7) is 3.25. The first-order valence-corrected chi connectivity index (χ1v) is 9.96. The molecule has 2 aromatic rings. The Morgan fingerprint density at radius 2 is 2.16 bits per heavy atom. The zero-order valence-electron chi connectivity index (χ0n) is 14.5. The first kappa shape index (κ1) is 16.5. The molecule has 132 valence electrons. The number of likely N-dealkylation sites (tertiary alicyclic amines) is 1. The first-order chi connectivity index (χ1) is 12.1. The highest BCUT2D eigenvalue weighted by molar-refractivity contribution is 7.10. The monoisotopic (exact) mass is 357 g/mol. The van der Waals surface area contributed by atoms with Gasteiger partial charge in [0.2, 0.25) is 0 Å². The van der Waals surface area contributed by atoms with E-state index in [9.17, 15) is 9.59 Å². The van der Waals surface area contributed by atoms with E-state index >= 15 is 0 Å². The van der Waals surface area contributed by atoms with E-state index in [1.807, 2.05) is 4.90 Å². The van der Waals surface area contributed by atoms with Gasteiger partial charge in [0.1, 0.15) is 5.82 Å². The van der Waals surface area contributed by atoms with Crippen molar-refractivity contribution in [2.45, 2.75) is 51.4 Å². The molecule has 1 atom stereocenters. The van der Waals surface area contributed by atoms with Crippen LogP contribution in [0.15, 0.2) is 16.2 Å². The van der Waals surface area contributed by atoms with E-state index in [0.29, 0.717) is 12.4 Å². The molecule has 0 radical (unpaired) electrons. The number of hydrogen-bond donors (Lipinski definition) is 1. The molecule has 0 spiro atoms. The topological polar surface area (TPSA) is 66.1 Å². The van der Waals surface area contributed by atoms with Gasteiger partial charge >= 0.3 is 0 Å². The van der Waals surface area contributed by atoms with Gasteiger partial charge in [0, 0.05) is 35.3 Å². The molecule has 0 saturated carbocycles. The molecule has 1 amide bonds. The molecule has 1 saturated heterocycles. The van der Waals surface area contributed by atoms with Crippen molar-refractivity contribution in [2.24, 2.45) is 0 Å². The van der Waals surface area contributed by atoms with Gasteiger partial charge in [-0.05, 0) is 51.0 Å². The van der Waals surface area contributed by atoms with E-state index in [0.717, 1.165) is 43.5 Å². The van der Waals surface area contributed by atoms with Crippen LogP contribution in [0.2, 0.25) is 0 Å². The van der Waals surface area contributed by atoms with Gasteiger partial charge in [0.15, 0.2) is 0 Å². The number of nitrogens with one attached hydrogen (secondary N) is 1. The van der Waals surface area contributed by atoms with Gasteiger partial charge in [-0.15, -0.1) is 11.3 Å². The van der Waals surface area contributed by atoms with Gasteiger partial charge in [-0.25, -0.2) is 4.98 Å². The molecule has 6 heteroatoms. The maximum Gasteiger partial charge on any atom is 0.255 e. The summed E-state index contributed by atoms with van der Waals surface area (Å²) in [5.41, 5.74) is 2.90. The van der Waals surface area contributed by atoms with Gasteiger partial charge in [-0.2, -0.15) is 0 Å². The summed E-state index contributed by atoms with van der Waals surface area (Å²) in [4.78, 5) is 35.4. The van der Waals surface area contributed by atoms with Gasteiger partial charge in [0.25, 0.3) is 11.5 Å². The van der Waals surface area contributed by atoms with E-state index < -0.39 is 0 Å². The number of rotatable bonds is 2. The first-order valence-electron chi connectivity index (χ1n) is 9.08. The Kier molecular flexibility index (Phi) is 4.46. The minimum atomic E-state index is -0.113. The Morgan fingerprint density at radius 3 is 3.00 bits per heavy atom. The van der Waals surface area contributed by atoms with Crippen molar-refractivity contribution in [1.82, 2.24) is 14.9 Å². The van der Waals surface area contributed by atoms with E-state index in [4.69, 9.17) is 0 Å². The number of aromatic nitrogens is 2. The molecule has 1 fully saturated rings. The summed E-state index contributed by atoms with van der Waals surface area (Å²) in [5, 5.41) is 2.05. The SMILES string of the molecule is Cc1nc([C@@H]2CCCN(C(=O)c3csc4c3CCCC4)C2)cc(=O)[nH]1. The third kappa shape index (κ3) is 3.27. The number of thiophene rings is 1. The highest BCUT2D eigenvalue weighted by Gasteiger charge is 2.29. The lowest BCUT2D eigenvalue weighted by Gasteiger charge is -2.32. The van der Waals surface area contributed by atoms with Crippen molar-refractivity contribution in [2.75, 3.05) is 13.1 Å². The molecule has 25 heavy (non-hydrogen) atoms. The lowest BCUT2D eigenvalue weighted by molar-refractivity contribution is 0.0705. The third-order valence-corrected chi connectivity index (χ3v) is 6.39. The smallest absolute Gasteiger partial charge is 0.255 e. The normalized spacial score (nSPS) is 20.4. The van der Waals surface area contributed by atoms with Crippen molar-refractivity contribution >= 4 is 17.2 Å². The number of aryl methyl sites for hydroxylation is 2. The number of amides is 1. The van der Waals surface area contributed by atoms with Crippen LogP contribution in [-0.2, 0) is 12.8 Å². The summed E-state index contributed by atoms with van der Waals surface area (Å²) in [5.74, 6) is 0.941. The van der Waals surface area contributed by atoms with Crippen molar-refractivity contribution in [1.29, 1.82) is 0 Å². The summed E-state index contributed by atoms with van der Waals surface area (Å²) in [6, 6.07) is 1.58. The second kappa shape index (κ2) is 6.75. The molecule has 4 rings (SSSR count). The molecule has 3 heterocycles. The lowest BCUT2D eigenvalue weighted by Crippen LogP contribution is -2.39. The van der Waals surface area contributed by atoms with E-state index in [-0.39, 0.29) is 17.4 Å². The predicted octanol–water partition coefficient (Wildman–Crippen LogP) is 3.04. The second-order valence-electron chi connectivity index (χ2n) is 7.10. The Hall–Kier alpha value is -1.95. The molecule has 0 aromatic carbocycles. The number of fused-ring (bicyclic) bond motifs is 1. The summed E-state index contributed by atoms with van der Waals surface area (Å²) < 4.78 is 0. The van der Waals surface area contributed by atoms with Crippen LogP contribution in [0.4, 0.5) is 0 Å². The van der Waals surface area contributed by atoms with Crippen LogP contribution >= 0.6 is 11.3 Å². The van der Waals surface area contributed by atoms with Crippen molar-refractivity contribution in [3.63, 3.8) is 0 Å². The molecule has 0 unspecified atom stereocenters. The lowest BCUT2D eigenvalue weighted by atomic mass is 9.92. The van der Waals surface area contributed by atoms with E-state index in [1.54, 1.807) is 24.3 Å². The largest absolute Gasteiger partial charge is 0.338 e. The van der Waals surface area contributed by atoms with Crippen molar-refractivity contribution in [3.05, 3.63) is 49.3 Å². The molecule has 2 aliphatic rings. The number of carbonyl (C=O) groups is 1. The van der Waals surface area contributed by atoms with Crippen LogP contribution in [0.1, 0.15) is 63.9 Å². The van der Waals surface area contributed by atoms with Gasteiger partial charge < -0.3 is 9.88 Å². The average Bonchev–Trinajstić information content (AvgIpc) is 3.04. The highest BCUT2D eigenvalue weighted by atomic mass is 32.1. The van der Waals surface area contributed by atoms with Gasteiger partial charge in [-0.1, -0.05) is 0 Å². The minimum absolute atomic E-state index is 0.113. The minimum Gasteiger partial charge on any atom is -0.338 e. The molecular formula is C19H23N3O2S. The molecule has 1 aliphatic carbocycles. The summed E-state index contributed by atoms with van der Waals surface area (Å²) in [6.07, 6.45) is 6.50. The maximum absolute atomic E-state index is 13.1. The Balaban J connectivity index is 1.56. The van der Waals surface area contributed by atoms with Crippen LogP contribution in [0, 0.1) is 6.92 Å². The quantitative estimate of drug-likeness (QED) is 0.898. The fourth-order valence-corrected chi connectivity index (χ4v) is 5.18. The van der Waals surface area contributed by atoms with Crippen LogP contribution < -0.4 is 5.56 Å². The van der Waals surface area contributed by atoms with Crippen LogP contribution in [0.5, 0.6) is 0 Å². The predicted molar refractivity (Wildman–Crippen MR) is 98.4 cm³/mol. The zero-order chi connectivity index (χ0) is 17.4. The number of nitrogens with zero attached hydrogens (tertiary/aromatic N) is 2. The Bertz CT molecular complexity index is 855. The molecule has 1 aliphatic heterocycles. The average molecular weight is 357 g/mol. The molecule has 5 nitrogen and oxygen atoms in total. The van der Waals surface area contributed by atoms with Gasteiger partial charge in [-0.3, -0.25) is 9.59 Å². The summed E-state index contributed by atoms with van der Waals surface area (Å²) in [7, 11) is 0. The third-order valence-electron chi connectivity index (χ3n) is 5.30. The van der Waals surface area contributed by atoms with Crippen LogP contribution in [0.3, 0.4) is 0 Å². The number of carbonyl (C=O) groups excluding carboxylic acids is 1. The number of H-pyrrole nitrogens is 1. The van der Waals surface area contributed by atoms with Crippen molar-refractivity contribution in [3.8, 4) is 0 Å². The van der Waals surface area contributed by atoms with E-state index in [2.05, 4.69) is 15.3 Å². The van der Waals surface area contributed by atoms with Crippen molar-refractivity contribution < 1.29 is 4.79 Å². The maximum atomic E-state index is 13.1. The molecule has 0 bridgehead atoms. The standard InChI is InChI=1S/C19H23N3O2S/c1-12-20-16(9-18(23)21-12)13-5-4-8-22(10-13)19(24)15-11-25-17-7-3-2-6-14(15)17/h9,11,13H,2-8,10H2,1H3,(H,20,21,23)/t13-/m1/s1. The molecule has 1 N–H and O–H groups in total. The number of piperidine rings is 1. The zero-order valence-corrected chi connectivity index (χ0v) is 15.3. The van der Waals surface area contributed by atoms with Gasteiger partial charge in [0.05, 0.1) is 11.3 Å². The fraction of sp³-hybridized carbons (Fsp3) is 0.526. The highest BCUT2D eigenvalue weighted by Crippen LogP contribution is 2.32. The Labute approximate surface area is 151 Å².